The van der Waals surface area contributed by atoms with Crippen molar-refractivity contribution >= 4 is 23.2 Å². The number of halogens is 1. The van der Waals surface area contributed by atoms with Crippen LogP contribution in [0.5, 0.6) is 0 Å². The van der Waals surface area contributed by atoms with E-state index in [1.54, 1.807) is 30.3 Å². The summed E-state index contributed by atoms with van der Waals surface area (Å²) in [5, 5.41) is 13.7. The smallest absolute Gasteiger partial charge is 0.356 e. The summed E-state index contributed by atoms with van der Waals surface area (Å²) in [6.07, 6.45) is 1.36. The Balaban J connectivity index is 2.29. The maximum Gasteiger partial charge on any atom is 0.356 e. The van der Waals surface area contributed by atoms with Crippen molar-refractivity contribution in [2.75, 3.05) is 7.11 Å². The highest BCUT2D eigenvalue weighted by Crippen LogP contribution is 2.23. The van der Waals surface area contributed by atoms with Gasteiger partial charge in [0.15, 0.2) is 11.3 Å². The van der Waals surface area contributed by atoms with E-state index in [4.69, 9.17) is 21.6 Å². The Hall–Kier alpha value is -2.91. The number of methoxy groups -OCH3 is 1. The van der Waals surface area contributed by atoms with E-state index in [0.29, 0.717) is 16.4 Å². The van der Waals surface area contributed by atoms with Crippen LogP contribution in [0, 0.1) is 11.3 Å². The highest BCUT2D eigenvalue weighted by molar-refractivity contribution is 6.30. The van der Waals surface area contributed by atoms with Crippen LogP contribution in [0.15, 0.2) is 36.5 Å². The molecule has 3 rings (SSSR count). The van der Waals surface area contributed by atoms with Gasteiger partial charge in [-0.2, -0.15) is 10.4 Å². The summed E-state index contributed by atoms with van der Waals surface area (Å²) in [6, 6.07) is 10.6. The Morgan fingerprint density at radius 3 is 2.73 bits per heavy atom. The number of hydrogen-bond donors (Lipinski definition) is 0. The fourth-order valence-electron chi connectivity index (χ4n) is 2.06. The minimum absolute atomic E-state index is 0.193. The number of fused-ring (bicyclic) bond motifs is 1. The molecule has 2 aromatic heterocycles. The number of ether oxygens (including phenoxy) is 1. The molecule has 0 atom stereocenters. The molecule has 0 amide bonds. The average Bonchev–Trinajstić information content (AvgIpc) is 2.97. The molecule has 0 aliphatic heterocycles. The van der Waals surface area contributed by atoms with Crippen LogP contribution in [0.3, 0.4) is 0 Å². The van der Waals surface area contributed by atoms with Crippen LogP contribution < -0.4 is 0 Å². The quantitative estimate of drug-likeness (QED) is 0.680. The van der Waals surface area contributed by atoms with Gasteiger partial charge in [0.05, 0.1) is 19.0 Å². The van der Waals surface area contributed by atoms with Crippen molar-refractivity contribution in [3.63, 3.8) is 0 Å². The lowest BCUT2D eigenvalue weighted by atomic mass is 10.1. The third-order valence-corrected chi connectivity index (χ3v) is 3.38. The second kappa shape index (κ2) is 5.47. The normalized spacial score (nSPS) is 10.4. The van der Waals surface area contributed by atoms with E-state index >= 15 is 0 Å². The van der Waals surface area contributed by atoms with Crippen molar-refractivity contribution in [3.05, 3.63) is 52.8 Å². The summed E-state index contributed by atoms with van der Waals surface area (Å²) in [5.74, 6) is -0.560. The van der Waals surface area contributed by atoms with Gasteiger partial charge in [0.1, 0.15) is 11.6 Å². The van der Waals surface area contributed by atoms with Crippen molar-refractivity contribution in [2.24, 2.45) is 0 Å². The van der Waals surface area contributed by atoms with Gasteiger partial charge in [-0.15, -0.1) is 0 Å². The molecule has 108 valence electrons. The number of nitriles is 1. The maximum atomic E-state index is 11.9. The SMILES string of the molecule is COC(=O)c1cc(-c2ccc(Cl)cc2)nc2c(C#N)cnn12. The molecule has 6 nitrogen and oxygen atoms in total. The number of aromatic nitrogens is 3. The second-order valence-corrected chi connectivity index (χ2v) is 4.87. The number of carbonyl (C=O) groups excluding carboxylic acids is 1. The standard InChI is InChI=1S/C15H9ClN4O2/c1-22-15(21)13-6-12(9-2-4-11(16)5-3-9)19-14-10(7-17)8-18-20(13)14/h2-6,8H,1H3. The molecule has 7 heteroatoms. The zero-order chi connectivity index (χ0) is 15.7. The molecule has 3 aromatic rings. The summed E-state index contributed by atoms with van der Waals surface area (Å²) in [6.45, 7) is 0. The predicted molar refractivity (Wildman–Crippen MR) is 79.5 cm³/mol. The van der Waals surface area contributed by atoms with Crippen molar-refractivity contribution < 1.29 is 9.53 Å². The van der Waals surface area contributed by atoms with E-state index < -0.39 is 5.97 Å². The largest absolute Gasteiger partial charge is 0.464 e. The highest BCUT2D eigenvalue weighted by Gasteiger charge is 2.17. The van der Waals surface area contributed by atoms with Gasteiger partial charge in [-0.05, 0) is 18.2 Å². The van der Waals surface area contributed by atoms with Crippen LogP contribution in [-0.4, -0.2) is 27.7 Å². The molecule has 0 saturated carbocycles. The summed E-state index contributed by atoms with van der Waals surface area (Å²) < 4.78 is 6.06. The minimum Gasteiger partial charge on any atom is -0.464 e. The Labute approximate surface area is 130 Å². The molecule has 0 aliphatic rings. The van der Waals surface area contributed by atoms with Crippen molar-refractivity contribution in [3.8, 4) is 17.3 Å². The third kappa shape index (κ3) is 2.28. The van der Waals surface area contributed by atoms with Crippen molar-refractivity contribution in [1.29, 1.82) is 5.26 Å². The zero-order valence-corrected chi connectivity index (χ0v) is 12.2. The first kappa shape index (κ1) is 14.0. The summed E-state index contributed by atoms with van der Waals surface area (Å²) in [5.41, 5.74) is 2.07. The molecule has 2 heterocycles. The number of carbonyl (C=O) groups is 1. The van der Waals surface area contributed by atoms with E-state index in [-0.39, 0.29) is 11.3 Å². The molecular weight excluding hydrogens is 304 g/mol. The monoisotopic (exact) mass is 312 g/mol. The molecule has 22 heavy (non-hydrogen) atoms. The molecule has 0 radical (unpaired) electrons. The predicted octanol–water partition coefficient (Wildman–Crippen LogP) is 2.71. The topological polar surface area (TPSA) is 80.3 Å². The van der Waals surface area contributed by atoms with Gasteiger partial charge in [0.25, 0.3) is 0 Å². The maximum absolute atomic E-state index is 11.9. The average molecular weight is 313 g/mol. The van der Waals surface area contributed by atoms with E-state index in [1.165, 1.54) is 17.8 Å². The van der Waals surface area contributed by atoms with Crippen molar-refractivity contribution in [2.45, 2.75) is 0 Å². The Bertz CT molecular complexity index is 910. The van der Waals surface area contributed by atoms with Crippen LogP contribution in [0.2, 0.25) is 5.02 Å². The number of rotatable bonds is 2. The molecule has 1 aromatic carbocycles. The van der Waals surface area contributed by atoms with Crippen LogP contribution in [-0.2, 0) is 4.74 Å². The van der Waals surface area contributed by atoms with Gasteiger partial charge >= 0.3 is 5.97 Å². The molecular formula is C15H9ClN4O2. The second-order valence-electron chi connectivity index (χ2n) is 4.43. The number of esters is 1. The summed E-state index contributed by atoms with van der Waals surface area (Å²) >= 11 is 5.88. The lowest BCUT2D eigenvalue weighted by Crippen LogP contribution is -2.10. The number of hydrogen-bond acceptors (Lipinski definition) is 5. The third-order valence-electron chi connectivity index (χ3n) is 3.13. The van der Waals surface area contributed by atoms with Gasteiger partial charge < -0.3 is 4.74 Å². The van der Waals surface area contributed by atoms with Gasteiger partial charge in [-0.25, -0.2) is 14.3 Å². The Kier molecular flexibility index (Phi) is 3.49. The minimum atomic E-state index is -0.560. The van der Waals surface area contributed by atoms with Gasteiger partial charge in [0, 0.05) is 10.6 Å². The lowest BCUT2D eigenvalue weighted by Gasteiger charge is -2.07. The molecule has 0 spiro atoms. The van der Waals surface area contributed by atoms with Crippen LogP contribution >= 0.6 is 11.6 Å². The van der Waals surface area contributed by atoms with Crippen LogP contribution in [0.1, 0.15) is 16.1 Å². The fraction of sp³-hybridized carbons (Fsp3) is 0.0667. The van der Waals surface area contributed by atoms with Crippen LogP contribution in [0.4, 0.5) is 0 Å². The van der Waals surface area contributed by atoms with Gasteiger partial charge in [-0.1, -0.05) is 23.7 Å². The zero-order valence-electron chi connectivity index (χ0n) is 11.4. The van der Waals surface area contributed by atoms with Crippen LogP contribution in [0.25, 0.3) is 16.9 Å². The first-order valence-electron chi connectivity index (χ1n) is 6.27. The Morgan fingerprint density at radius 1 is 1.36 bits per heavy atom. The van der Waals surface area contributed by atoms with Gasteiger partial charge in [0.2, 0.25) is 0 Å². The summed E-state index contributed by atoms with van der Waals surface area (Å²) in [7, 11) is 1.28. The summed E-state index contributed by atoms with van der Waals surface area (Å²) in [4.78, 5) is 16.4. The fourth-order valence-corrected chi connectivity index (χ4v) is 2.19. The number of nitrogens with zero attached hydrogens (tertiary/aromatic N) is 4. The van der Waals surface area contributed by atoms with Gasteiger partial charge in [-0.3, -0.25) is 0 Å². The number of benzene rings is 1. The molecule has 0 bridgehead atoms. The van der Waals surface area contributed by atoms with E-state index in [0.717, 1.165) is 5.56 Å². The first-order valence-corrected chi connectivity index (χ1v) is 6.65. The molecule has 0 fully saturated rings. The Morgan fingerprint density at radius 2 is 2.09 bits per heavy atom. The lowest BCUT2D eigenvalue weighted by molar-refractivity contribution is 0.0590. The van der Waals surface area contributed by atoms with Crippen molar-refractivity contribution in [1.82, 2.24) is 14.6 Å². The first-order chi connectivity index (χ1) is 10.6. The highest BCUT2D eigenvalue weighted by atomic mass is 35.5. The van der Waals surface area contributed by atoms with E-state index in [2.05, 4.69) is 10.1 Å². The molecule has 0 saturated heterocycles. The molecule has 0 N–H and O–H groups in total. The molecule has 0 aliphatic carbocycles. The molecule has 0 unspecified atom stereocenters. The van der Waals surface area contributed by atoms with E-state index in [9.17, 15) is 4.79 Å². The van der Waals surface area contributed by atoms with E-state index in [1.807, 2.05) is 6.07 Å².